The Labute approximate surface area is 201 Å². The van der Waals surface area contributed by atoms with Crippen LogP contribution in [0.3, 0.4) is 0 Å². The molecule has 1 saturated heterocycles. The SMILES string of the molecule is CC1(C)OC(=O)N(c2ccnc(NN(C(N)=O)c3ccnc4cccnc34)c2)[C@H]1c1ccccc1. The second-order valence-electron chi connectivity index (χ2n) is 8.54. The molecule has 1 aliphatic rings. The van der Waals surface area contributed by atoms with Crippen LogP contribution >= 0.6 is 0 Å². The van der Waals surface area contributed by atoms with Crippen LogP contribution in [-0.4, -0.2) is 32.7 Å². The first kappa shape index (κ1) is 22.1. The average Bonchev–Trinajstić information content (AvgIpc) is 3.10. The number of hydrogen-bond donors (Lipinski definition) is 2. The van der Waals surface area contributed by atoms with E-state index in [2.05, 4.69) is 20.4 Å². The number of ether oxygens (including phenoxy) is 1. The number of hydrogen-bond acceptors (Lipinski definition) is 7. The van der Waals surface area contributed by atoms with E-state index in [1.807, 2.05) is 44.2 Å². The highest BCUT2D eigenvalue weighted by molar-refractivity contribution is 6.01. The van der Waals surface area contributed by atoms with Gasteiger partial charge in [-0.2, -0.15) is 0 Å². The molecule has 0 radical (unpaired) electrons. The third-order valence-corrected chi connectivity index (χ3v) is 5.76. The summed E-state index contributed by atoms with van der Waals surface area (Å²) in [5, 5.41) is 1.14. The third kappa shape index (κ3) is 4.05. The summed E-state index contributed by atoms with van der Waals surface area (Å²) >= 11 is 0. The van der Waals surface area contributed by atoms with Crippen molar-refractivity contribution in [2.75, 3.05) is 15.3 Å². The van der Waals surface area contributed by atoms with E-state index in [-0.39, 0.29) is 6.04 Å². The molecule has 10 heteroatoms. The molecule has 176 valence electrons. The molecule has 1 aliphatic heterocycles. The molecule has 0 saturated carbocycles. The molecule has 3 N–H and O–H groups in total. The molecule has 0 aliphatic carbocycles. The fourth-order valence-electron chi connectivity index (χ4n) is 4.31. The number of fused-ring (bicyclic) bond motifs is 1. The Morgan fingerprint density at radius 2 is 1.80 bits per heavy atom. The van der Waals surface area contributed by atoms with Crippen molar-refractivity contribution < 1.29 is 14.3 Å². The number of aromatic nitrogens is 3. The second-order valence-corrected chi connectivity index (χ2v) is 8.54. The summed E-state index contributed by atoms with van der Waals surface area (Å²) in [6, 6.07) is 17.1. The van der Waals surface area contributed by atoms with Crippen LogP contribution in [0.4, 0.5) is 26.8 Å². The van der Waals surface area contributed by atoms with Gasteiger partial charge in [-0.05, 0) is 43.7 Å². The number of nitrogens with zero attached hydrogens (tertiary/aromatic N) is 5. The molecule has 5 rings (SSSR count). The summed E-state index contributed by atoms with van der Waals surface area (Å²) < 4.78 is 5.71. The lowest BCUT2D eigenvalue weighted by molar-refractivity contribution is 0.0685. The van der Waals surface area contributed by atoms with Gasteiger partial charge in [0.05, 0.1) is 16.9 Å². The maximum atomic E-state index is 12.9. The molecule has 35 heavy (non-hydrogen) atoms. The molecule has 3 amide bonds. The molecule has 0 unspecified atom stereocenters. The first-order valence-corrected chi connectivity index (χ1v) is 10.9. The van der Waals surface area contributed by atoms with Crippen molar-refractivity contribution in [3.05, 3.63) is 84.8 Å². The van der Waals surface area contributed by atoms with Gasteiger partial charge in [0.15, 0.2) is 0 Å². The largest absolute Gasteiger partial charge is 0.441 e. The van der Waals surface area contributed by atoms with Gasteiger partial charge in [0.25, 0.3) is 0 Å². The Bertz CT molecular complexity index is 1410. The average molecular weight is 470 g/mol. The first-order chi connectivity index (χ1) is 16.8. The summed E-state index contributed by atoms with van der Waals surface area (Å²) in [7, 11) is 0. The number of hydrazine groups is 1. The van der Waals surface area contributed by atoms with Crippen LogP contribution in [0, 0.1) is 0 Å². The van der Waals surface area contributed by atoms with Crippen molar-refractivity contribution in [3.8, 4) is 0 Å². The Hall–Kier alpha value is -4.73. The van der Waals surface area contributed by atoms with E-state index in [1.165, 1.54) is 0 Å². The summed E-state index contributed by atoms with van der Waals surface area (Å²) in [5.74, 6) is 0.298. The van der Waals surface area contributed by atoms with Gasteiger partial charge in [-0.15, -0.1) is 0 Å². The van der Waals surface area contributed by atoms with E-state index >= 15 is 0 Å². The summed E-state index contributed by atoms with van der Waals surface area (Å²) in [6.07, 6.45) is 4.24. The van der Waals surface area contributed by atoms with Crippen LogP contribution in [0.5, 0.6) is 0 Å². The van der Waals surface area contributed by atoms with Gasteiger partial charge in [-0.1, -0.05) is 30.3 Å². The molecule has 10 nitrogen and oxygen atoms in total. The quantitative estimate of drug-likeness (QED) is 0.414. The van der Waals surface area contributed by atoms with Crippen LogP contribution in [0.15, 0.2) is 79.3 Å². The lowest BCUT2D eigenvalue weighted by Crippen LogP contribution is -2.41. The van der Waals surface area contributed by atoms with E-state index in [4.69, 9.17) is 10.5 Å². The van der Waals surface area contributed by atoms with Crippen molar-refractivity contribution in [1.29, 1.82) is 0 Å². The van der Waals surface area contributed by atoms with Crippen LogP contribution in [0.1, 0.15) is 25.5 Å². The molecule has 1 fully saturated rings. The molecule has 0 bridgehead atoms. The van der Waals surface area contributed by atoms with Crippen LogP contribution in [0.25, 0.3) is 11.0 Å². The zero-order chi connectivity index (χ0) is 24.6. The Morgan fingerprint density at radius 3 is 2.57 bits per heavy atom. The maximum absolute atomic E-state index is 12.9. The number of urea groups is 1. The minimum Gasteiger partial charge on any atom is -0.441 e. The Kier molecular flexibility index (Phi) is 5.40. The number of nitrogens with one attached hydrogen (secondary N) is 1. The van der Waals surface area contributed by atoms with E-state index < -0.39 is 17.7 Å². The number of amides is 3. The Morgan fingerprint density at radius 1 is 1.03 bits per heavy atom. The lowest BCUT2D eigenvalue weighted by atomic mass is 9.91. The standard InChI is InChI=1S/C25H23N7O3/c1-25(2)22(16-7-4-3-5-8-16)31(24(34)35-25)17-10-13-28-20(15-17)30-32(23(26)33)19-11-14-27-18-9-6-12-29-21(18)19/h3-15,22H,1-2H3,(H2,26,33)(H,28,30)/t22-/m0/s1. The van der Waals surface area contributed by atoms with Crippen molar-refractivity contribution >= 4 is 40.4 Å². The van der Waals surface area contributed by atoms with Gasteiger partial charge in [-0.25, -0.2) is 19.6 Å². The van der Waals surface area contributed by atoms with E-state index in [1.54, 1.807) is 53.8 Å². The number of cyclic esters (lactones) is 1. The summed E-state index contributed by atoms with van der Waals surface area (Å²) in [4.78, 5) is 39.8. The second kappa shape index (κ2) is 8.56. The number of rotatable bonds is 5. The molecule has 1 atom stereocenters. The van der Waals surface area contributed by atoms with Crippen molar-refractivity contribution in [3.63, 3.8) is 0 Å². The molecule has 4 heterocycles. The van der Waals surface area contributed by atoms with Gasteiger partial charge in [0, 0.05) is 24.7 Å². The molecular weight excluding hydrogens is 446 g/mol. The van der Waals surface area contributed by atoms with Gasteiger partial charge < -0.3 is 10.5 Å². The minimum absolute atomic E-state index is 0.298. The van der Waals surface area contributed by atoms with Crippen LogP contribution in [0.2, 0.25) is 0 Å². The zero-order valence-electron chi connectivity index (χ0n) is 19.1. The normalized spacial score (nSPS) is 16.7. The number of primary amides is 1. The van der Waals surface area contributed by atoms with Crippen molar-refractivity contribution in [2.24, 2.45) is 5.73 Å². The molecule has 1 aromatic carbocycles. The smallest absolute Gasteiger partial charge is 0.415 e. The summed E-state index contributed by atoms with van der Waals surface area (Å²) in [5.41, 5.74) is 10.9. The Balaban J connectivity index is 1.52. The van der Waals surface area contributed by atoms with Crippen molar-refractivity contribution in [2.45, 2.75) is 25.5 Å². The predicted molar refractivity (Wildman–Crippen MR) is 132 cm³/mol. The highest BCUT2D eigenvalue weighted by atomic mass is 16.6. The van der Waals surface area contributed by atoms with Gasteiger partial charge in [-0.3, -0.25) is 20.3 Å². The van der Waals surface area contributed by atoms with Crippen LogP contribution in [-0.2, 0) is 4.74 Å². The number of carbonyl (C=O) groups is 2. The maximum Gasteiger partial charge on any atom is 0.415 e. The van der Waals surface area contributed by atoms with Crippen molar-refractivity contribution in [1.82, 2.24) is 15.0 Å². The third-order valence-electron chi connectivity index (χ3n) is 5.76. The van der Waals surface area contributed by atoms with E-state index in [9.17, 15) is 9.59 Å². The predicted octanol–water partition coefficient (Wildman–Crippen LogP) is 4.41. The molecule has 3 aromatic heterocycles. The first-order valence-electron chi connectivity index (χ1n) is 10.9. The lowest BCUT2D eigenvalue weighted by Gasteiger charge is -2.29. The molecule has 0 spiro atoms. The van der Waals surface area contributed by atoms with Crippen LogP contribution < -0.4 is 21.1 Å². The van der Waals surface area contributed by atoms with Gasteiger partial charge >= 0.3 is 12.1 Å². The highest BCUT2D eigenvalue weighted by Crippen LogP contribution is 2.44. The molecule has 4 aromatic rings. The number of carbonyl (C=O) groups excluding carboxylic acids is 2. The highest BCUT2D eigenvalue weighted by Gasteiger charge is 2.49. The number of benzene rings is 1. The fraction of sp³-hybridized carbons (Fsp3) is 0.160. The number of anilines is 3. The molecular formula is C25H23N7O3. The topological polar surface area (TPSA) is 127 Å². The van der Waals surface area contributed by atoms with Gasteiger partial charge in [0.1, 0.15) is 23.0 Å². The summed E-state index contributed by atoms with van der Waals surface area (Å²) in [6.45, 7) is 3.75. The minimum atomic E-state index is -0.768. The van der Waals surface area contributed by atoms with E-state index in [0.717, 1.165) is 10.6 Å². The van der Waals surface area contributed by atoms with E-state index in [0.29, 0.717) is 28.2 Å². The monoisotopic (exact) mass is 469 g/mol. The zero-order valence-corrected chi connectivity index (χ0v) is 19.1. The fourth-order valence-corrected chi connectivity index (χ4v) is 4.31. The number of nitrogens with two attached hydrogens (primary N) is 1. The van der Waals surface area contributed by atoms with Gasteiger partial charge in [0.2, 0.25) is 0 Å². The number of pyridine rings is 3.